The highest BCUT2D eigenvalue weighted by atomic mass is 16.1. The van der Waals surface area contributed by atoms with Crippen molar-refractivity contribution in [2.24, 2.45) is 5.41 Å². The van der Waals surface area contributed by atoms with E-state index in [2.05, 4.69) is 37.5 Å². The van der Waals surface area contributed by atoms with Gasteiger partial charge in [0.1, 0.15) is 0 Å². The number of hydrogen-bond donors (Lipinski definition) is 1. The number of aryl methyl sites for hydroxylation is 1. The van der Waals surface area contributed by atoms with Crippen LogP contribution >= 0.6 is 0 Å². The molecule has 2 aromatic heterocycles. The van der Waals surface area contributed by atoms with Gasteiger partial charge in [0, 0.05) is 24.8 Å². The zero-order valence-corrected chi connectivity index (χ0v) is 14.5. The molecule has 2 aliphatic rings. The molecule has 4 rings (SSSR count). The molecule has 1 saturated carbocycles. The van der Waals surface area contributed by atoms with E-state index in [0.29, 0.717) is 11.0 Å². The second-order valence-electron chi connectivity index (χ2n) is 7.44. The van der Waals surface area contributed by atoms with Crippen LogP contribution in [0, 0.1) is 12.3 Å². The molecule has 0 aromatic carbocycles. The van der Waals surface area contributed by atoms with Crippen molar-refractivity contribution in [2.75, 3.05) is 13.1 Å². The number of nitrogens with one attached hydrogen (secondary N) is 1. The maximum absolute atomic E-state index is 12.2. The molecule has 130 valence electrons. The predicted octanol–water partition coefficient (Wildman–Crippen LogP) is 1.96. The summed E-state index contributed by atoms with van der Waals surface area (Å²) < 4.78 is 0. The summed E-state index contributed by atoms with van der Waals surface area (Å²) in [7, 11) is 0. The van der Waals surface area contributed by atoms with Crippen molar-refractivity contribution < 1.29 is 4.79 Å². The number of carbonyl (C=O) groups excluding carboxylic acids is 1. The molecule has 1 N–H and O–H groups in total. The second-order valence-corrected chi connectivity index (χ2v) is 7.44. The van der Waals surface area contributed by atoms with Crippen LogP contribution in [-0.4, -0.2) is 45.1 Å². The van der Waals surface area contributed by atoms with Crippen LogP contribution in [0.15, 0.2) is 36.7 Å². The molecule has 1 aliphatic carbocycles. The van der Waals surface area contributed by atoms with Crippen LogP contribution < -0.4 is 5.32 Å². The zero-order valence-electron chi connectivity index (χ0n) is 14.5. The van der Waals surface area contributed by atoms with Crippen molar-refractivity contribution in [1.29, 1.82) is 0 Å². The summed E-state index contributed by atoms with van der Waals surface area (Å²) in [5.74, 6) is -0.0476. The van der Waals surface area contributed by atoms with E-state index in [9.17, 15) is 4.79 Å². The maximum atomic E-state index is 12.2. The zero-order chi connectivity index (χ0) is 17.3. The van der Waals surface area contributed by atoms with Crippen molar-refractivity contribution in [3.05, 3.63) is 53.6 Å². The lowest BCUT2D eigenvalue weighted by Gasteiger charge is -2.45. The molecule has 25 heavy (non-hydrogen) atoms. The van der Waals surface area contributed by atoms with Gasteiger partial charge >= 0.3 is 0 Å². The Bertz CT molecular complexity index is 757. The van der Waals surface area contributed by atoms with E-state index < -0.39 is 0 Å². The van der Waals surface area contributed by atoms with Crippen LogP contribution in [0.3, 0.4) is 0 Å². The highest BCUT2D eigenvalue weighted by Gasteiger charge is 2.48. The highest BCUT2D eigenvalue weighted by molar-refractivity contribution is 5.94. The van der Waals surface area contributed by atoms with Crippen LogP contribution in [0.5, 0.6) is 0 Å². The van der Waals surface area contributed by atoms with Gasteiger partial charge in [-0.1, -0.05) is 6.07 Å². The molecule has 1 spiro atoms. The summed E-state index contributed by atoms with van der Waals surface area (Å²) >= 11 is 0. The molecule has 1 saturated heterocycles. The minimum Gasteiger partial charge on any atom is -0.349 e. The number of nitrogens with zero attached hydrogens (tertiary/aromatic N) is 4. The Morgan fingerprint density at radius 2 is 2.20 bits per heavy atom. The maximum Gasteiger partial charge on any atom is 0.253 e. The average molecular weight is 337 g/mol. The van der Waals surface area contributed by atoms with Gasteiger partial charge in [0.25, 0.3) is 5.91 Å². The Hall–Kier alpha value is -2.34. The molecule has 0 atom stereocenters. The fourth-order valence-electron chi connectivity index (χ4n) is 4.19. The molecule has 6 heteroatoms. The summed E-state index contributed by atoms with van der Waals surface area (Å²) in [6, 6.07) is 8.18. The first-order chi connectivity index (χ1) is 12.1. The summed E-state index contributed by atoms with van der Waals surface area (Å²) in [4.78, 5) is 19.3. The SMILES string of the molecule is Cc1cccc(CN2CCC3(CC(NC(=O)c4ccnnc4)C3)C2)n1. The van der Waals surface area contributed by atoms with Crippen molar-refractivity contribution >= 4 is 5.91 Å². The Balaban J connectivity index is 1.28. The van der Waals surface area contributed by atoms with E-state index in [4.69, 9.17) is 0 Å². The van der Waals surface area contributed by atoms with Crippen LogP contribution in [0.1, 0.15) is 41.0 Å². The lowest BCUT2D eigenvalue weighted by atomic mass is 9.65. The lowest BCUT2D eigenvalue weighted by molar-refractivity contribution is 0.0693. The smallest absolute Gasteiger partial charge is 0.253 e. The number of rotatable bonds is 4. The molecule has 6 nitrogen and oxygen atoms in total. The Kier molecular flexibility index (Phi) is 4.21. The van der Waals surface area contributed by atoms with Crippen molar-refractivity contribution in [2.45, 2.75) is 38.8 Å². The van der Waals surface area contributed by atoms with Gasteiger partial charge < -0.3 is 5.32 Å². The van der Waals surface area contributed by atoms with E-state index in [1.807, 2.05) is 13.0 Å². The van der Waals surface area contributed by atoms with Gasteiger partial charge in [0.2, 0.25) is 0 Å². The average Bonchev–Trinajstić information content (AvgIpc) is 2.99. The Morgan fingerprint density at radius 1 is 1.32 bits per heavy atom. The van der Waals surface area contributed by atoms with Crippen molar-refractivity contribution in [3.63, 3.8) is 0 Å². The molecular formula is C19H23N5O. The molecule has 1 aliphatic heterocycles. The Labute approximate surface area is 147 Å². The van der Waals surface area contributed by atoms with Crippen molar-refractivity contribution in [1.82, 2.24) is 25.4 Å². The molecule has 2 fully saturated rings. The van der Waals surface area contributed by atoms with Gasteiger partial charge in [-0.05, 0) is 56.3 Å². The summed E-state index contributed by atoms with van der Waals surface area (Å²) in [5.41, 5.74) is 3.17. The van der Waals surface area contributed by atoms with Gasteiger partial charge in [-0.15, -0.1) is 0 Å². The van der Waals surface area contributed by atoms with Gasteiger partial charge in [0.05, 0.1) is 23.7 Å². The number of likely N-dealkylation sites (tertiary alicyclic amines) is 1. The standard InChI is InChI=1S/C19H23N5O/c1-14-3-2-4-16(22-14)12-24-8-6-19(13-24)9-17(10-19)23-18(25)15-5-7-20-21-11-15/h2-5,7,11,17H,6,8-10,12-13H2,1H3,(H,23,25). The van der Waals surface area contributed by atoms with E-state index >= 15 is 0 Å². The minimum absolute atomic E-state index is 0.0476. The van der Waals surface area contributed by atoms with Gasteiger partial charge in [-0.3, -0.25) is 14.7 Å². The van der Waals surface area contributed by atoms with E-state index in [0.717, 1.165) is 43.9 Å². The molecule has 2 aromatic rings. The first kappa shape index (κ1) is 16.1. The monoisotopic (exact) mass is 337 g/mol. The number of hydrogen-bond acceptors (Lipinski definition) is 5. The molecule has 0 bridgehead atoms. The first-order valence-electron chi connectivity index (χ1n) is 8.84. The summed E-state index contributed by atoms with van der Waals surface area (Å²) in [5, 5.41) is 10.6. The fourth-order valence-corrected chi connectivity index (χ4v) is 4.19. The quantitative estimate of drug-likeness (QED) is 0.923. The van der Waals surface area contributed by atoms with Crippen LogP contribution in [-0.2, 0) is 6.54 Å². The normalized spacial score (nSPS) is 25.7. The minimum atomic E-state index is -0.0476. The third-order valence-corrected chi connectivity index (χ3v) is 5.39. The van der Waals surface area contributed by atoms with Crippen LogP contribution in [0.2, 0.25) is 0 Å². The van der Waals surface area contributed by atoms with Crippen LogP contribution in [0.4, 0.5) is 0 Å². The van der Waals surface area contributed by atoms with E-state index in [1.165, 1.54) is 12.6 Å². The number of amides is 1. The largest absolute Gasteiger partial charge is 0.349 e. The highest BCUT2D eigenvalue weighted by Crippen LogP contribution is 2.48. The predicted molar refractivity (Wildman–Crippen MR) is 93.8 cm³/mol. The van der Waals surface area contributed by atoms with Gasteiger partial charge in [-0.25, -0.2) is 0 Å². The second kappa shape index (κ2) is 6.52. The molecular weight excluding hydrogens is 314 g/mol. The Morgan fingerprint density at radius 3 is 2.96 bits per heavy atom. The topological polar surface area (TPSA) is 71.0 Å². The first-order valence-corrected chi connectivity index (χ1v) is 8.84. The third-order valence-electron chi connectivity index (χ3n) is 5.39. The summed E-state index contributed by atoms with van der Waals surface area (Å²) in [6.07, 6.45) is 6.40. The molecule has 1 amide bonds. The molecule has 3 heterocycles. The van der Waals surface area contributed by atoms with Crippen molar-refractivity contribution in [3.8, 4) is 0 Å². The van der Waals surface area contributed by atoms with E-state index in [-0.39, 0.29) is 11.9 Å². The van der Waals surface area contributed by atoms with Gasteiger partial charge in [0.15, 0.2) is 0 Å². The number of aromatic nitrogens is 3. The van der Waals surface area contributed by atoms with Crippen LogP contribution in [0.25, 0.3) is 0 Å². The lowest BCUT2D eigenvalue weighted by Crippen LogP contribution is -2.51. The fraction of sp³-hybridized carbons (Fsp3) is 0.474. The molecule has 0 radical (unpaired) electrons. The number of carbonyl (C=O) groups is 1. The van der Waals surface area contributed by atoms with E-state index in [1.54, 1.807) is 12.3 Å². The number of pyridine rings is 1. The van der Waals surface area contributed by atoms with Gasteiger partial charge in [-0.2, -0.15) is 10.2 Å². The summed E-state index contributed by atoms with van der Waals surface area (Å²) in [6.45, 7) is 5.17. The molecule has 0 unspecified atom stereocenters. The third kappa shape index (κ3) is 3.54.